The van der Waals surface area contributed by atoms with Crippen LogP contribution in [0.5, 0.6) is 0 Å². The lowest BCUT2D eigenvalue weighted by Crippen LogP contribution is -2.33. The molecule has 1 rings (SSSR count). The summed E-state index contributed by atoms with van der Waals surface area (Å²) in [5, 5.41) is 2.27. The quantitative estimate of drug-likeness (QED) is 0.517. The molecule has 0 radical (unpaired) electrons. The van der Waals surface area contributed by atoms with Crippen molar-refractivity contribution in [1.29, 1.82) is 0 Å². The number of nitrogens with two attached hydrogens (primary N) is 2. The monoisotopic (exact) mass is 321 g/mol. The second kappa shape index (κ2) is 9.11. The first kappa shape index (κ1) is 18.1. The van der Waals surface area contributed by atoms with Gasteiger partial charge in [-0.25, -0.2) is 4.98 Å². The first-order valence-corrected chi connectivity index (χ1v) is 7.54. The van der Waals surface area contributed by atoms with Crippen molar-refractivity contribution in [3.63, 3.8) is 0 Å². The van der Waals surface area contributed by atoms with Gasteiger partial charge in [-0.1, -0.05) is 13.3 Å². The van der Waals surface area contributed by atoms with Crippen molar-refractivity contribution in [2.24, 2.45) is 5.73 Å². The van der Waals surface area contributed by atoms with Crippen molar-refractivity contribution in [2.75, 3.05) is 19.3 Å². The number of hydrogen-bond acceptors (Lipinski definition) is 5. The van der Waals surface area contributed by atoms with E-state index in [4.69, 9.17) is 11.5 Å². The highest BCUT2D eigenvalue weighted by molar-refractivity contribution is 7.80. The molecule has 0 spiro atoms. The number of hydrogen-bond donors (Lipinski definition) is 3. The minimum absolute atomic E-state index is 0.0525. The van der Waals surface area contributed by atoms with Gasteiger partial charge in [0.1, 0.15) is 5.82 Å². The molecular weight excluding hydrogens is 298 g/mol. The van der Waals surface area contributed by atoms with Crippen molar-refractivity contribution >= 4 is 35.1 Å². The number of nitrogen functional groups attached to an aromatic ring is 1. The van der Waals surface area contributed by atoms with Crippen molar-refractivity contribution < 1.29 is 4.79 Å². The number of carbonyl (C=O) groups is 1. The summed E-state index contributed by atoms with van der Waals surface area (Å²) in [5.74, 6) is 0.138. The summed E-state index contributed by atoms with van der Waals surface area (Å²) in [4.78, 5) is 17.8. The molecule has 7 heteroatoms. The number of nitrogens with one attached hydrogen (secondary N) is 1. The van der Waals surface area contributed by atoms with E-state index in [2.05, 4.69) is 34.3 Å². The van der Waals surface area contributed by atoms with E-state index in [0.29, 0.717) is 5.82 Å². The van der Waals surface area contributed by atoms with Crippen LogP contribution in [-0.4, -0.2) is 34.5 Å². The van der Waals surface area contributed by atoms with Crippen molar-refractivity contribution in [3.05, 3.63) is 29.5 Å². The van der Waals surface area contributed by atoms with Crippen LogP contribution in [0.3, 0.4) is 0 Å². The Hall–Kier alpha value is -1.99. The lowest BCUT2D eigenvalue weighted by Gasteiger charge is -2.17. The van der Waals surface area contributed by atoms with E-state index in [9.17, 15) is 4.79 Å². The maximum absolute atomic E-state index is 11.5. The van der Waals surface area contributed by atoms with E-state index in [1.807, 2.05) is 13.1 Å². The molecule has 0 aliphatic carbocycles. The predicted molar refractivity (Wildman–Crippen MR) is 93.9 cm³/mol. The number of nitrogens with zero attached hydrogens (tertiary/aromatic N) is 2. The zero-order chi connectivity index (χ0) is 16.5. The third-order valence-electron chi connectivity index (χ3n) is 3.03. The number of rotatable bonds is 7. The van der Waals surface area contributed by atoms with Crippen LogP contribution in [0.2, 0.25) is 0 Å². The molecule has 120 valence electrons. The third kappa shape index (κ3) is 6.64. The number of unbranched alkanes of at least 4 members (excludes halogenated alkanes) is 1. The van der Waals surface area contributed by atoms with Crippen LogP contribution in [0.25, 0.3) is 6.08 Å². The number of carbonyl (C=O) groups excluding carboxylic acids is 1. The van der Waals surface area contributed by atoms with E-state index in [1.54, 1.807) is 12.3 Å². The maximum Gasteiger partial charge on any atom is 0.250 e. The molecule has 0 saturated carbocycles. The third-order valence-corrected chi connectivity index (χ3v) is 3.13. The molecule has 0 fully saturated rings. The van der Waals surface area contributed by atoms with Gasteiger partial charge in [-0.3, -0.25) is 10.1 Å². The van der Waals surface area contributed by atoms with Gasteiger partial charge in [0, 0.05) is 24.4 Å². The molecule has 5 N–H and O–H groups in total. The Kier molecular flexibility index (Phi) is 7.48. The molecule has 0 aliphatic rings. The Morgan fingerprint density at radius 3 is 2.91 bits per heavy atom. The fourth-order valence-corrected chi connectivity index (χ4v) is 1.99. The van der Waals surface area contributed by atoms with Crippen LogP contribution >= 0.6 is 12.2 Å². The smallest absolute Gasteiger partial charge is 0.250 e. The number of aromatic nitrogens is 1. The van der Waals surface area contributed by atoms with Gasteiger partial charge in [0.15, 0.2) is 5.11 Å². The molecule has 1 amide bonds. The van der Waals surface area contributed by atoms with Crippen LogP contribution < -0.4 is 16.8 Å². The first-order chi connectivity index (χ1) is 10.4. The van der Waals surface area contributed by atoms with Gasteiger partial charge in [-0.15, -0.1) is 0 Å². The van der Waals surface area contributed by atoms with Gasteiger partial charge in [0.05, 0.1) is 0 Å². The number of anilines is 1. The molecule has 0 unspecified atom stereocenters. The minimum Gasteiger partial charge on any atom is -0.383 e. The van der Waals surface area contributed by atoms with Crippen molar-refractivity contribution in [1.82, 2.24) is 15.2 Å². The normalized spacial score (nSPS) is 11.0. The van der Waals surface area contributed by atoms with Gasteiger partial charge in [-0.05, 0) is 49.9 Å². The SMILES string of the molecule is CCCCN(C)Cc1cc(/C=C/C(=O)NC(N)=S)cnc1N. The molecule has 0 bridgehead atoms. The number of amides is 1. The average Bonchev–Trinajstić information content (AvgIpc) is 2.45. The molecule has 0 saturated heterocycles. The summed E-state index contributed by atoms with van der Waals surface area (Å²) < 4.78 is 0. The zero-order valence-corrected chi connectivity index (χ0v) is 13.8. The van der Waals surface area contributed by atoms with E-state index >= 15 is 0 Å². The summed E-state index contributed by atoms with van der Waals surface area (Å²) in [6, 6.07) is 1.93. The highest BCUT2D eigenvalue weighted by atomic mass is 32.1. The summed E-state index contributed by atoms with van der Waals surface area (Å²) in [5.41, 5.74) is 12.9. The fourth-order valence-electron chi connectivity index (χ4n) is 1.89. The van der Waals surface area contributed by atoms with Gasteiger partial charge in [-0.2, -0.15) is 0 Å². The number of pyridine rings is 1. The molecule has 22 heavy (non-hydrogen) atoms. The van der Waals surface area contributed by atoms with Gasteiger partial charge >= 0.3 is 0 Å². The summed E-state index contributed by atoms with van der Waals surface area (Å²) >= 11 is 4.60. The summed E-state index contributed by atoms with van der Waals surface area (Å²) in [6.45, 7) is 3.89. The second-order valence-corrected chi connectivity index (χ2v) is 5.53. The minimum atomic E-state index is -0.370. The van der Waals surface area contributed by atoms with Crippen LogP contribution in [-0.2, 0) is 11.3 Å². The van der Waals surface area contributed by atoms with E-state index < -0.39 is 0 Å². The molecule has 0 aromatic carbocycles. The Bertz CT molecular complexity index is 559. The van der Waals surface area contributed by atoms with Gasteiger partial charge < -0.3 is 16.4 Å². The van der Waals surface area contributed by atoms with Crippen LogP contribution in [0.4, 0.5) is 5.82 Å². The van der Waals surface area contributed by atoms with Crippen molar-refractivity contribution in [2.45, 2.75) is 26.3 Å². The second-order valence-electron chi connectivity index (χ2n) is 5.09. The Balaban J connectivity index is 2.74. The van der Waals surface area contributed by atoms with E-state index in [-0.39, 0.29) is 11.0 Å². The maximum atomic E-state index is 11.5. The van der Waals surface area contributed by atoms with E-state index in [1.165, 1.54) is 6.08 Å². The van der Waals surface area contributed by atoms with Gasteiger partial charge in [0.2, 0.25) is 5.91 Å². The fraction of sp³-hybridized carbons (Fsp3) is 0.400. The molecule has 0 atom stereocenters. The number of thiocarbonyl (C=S) groups is 1. The van der Waals surface area contributed by atoms with Crippen LogP contribution in [0.15, 0.2) is 18.3 Å². The highest BCUT2D eigenvalue weighted by Gasteiger charge is 2.06. The Morgan fingerprint density at radius 2 is 2.27 bits per heavy atom. The highest BCUT2D eigenvalue weighted by Crippen LogP contribution is 2.14. The first-order valence-electron chi connectivity index (χ1n) is 7.13. The van der Waals surface area contributed by atoms with Crippen molar-refractivity contribution in [3.8, 4) is 0 Å². The molecular formula is C15H23N5OS. The molecule has 6 nitrogen and oxygen atoms in total. The van der Waals surface area contributed by atoms with E-state index in [0.717, 1.165) is 37.1 Å². The van der Waals surface area contributed by atoms with Crippen LogP contribution in [0, 0.1) is 0 Å². The summed E-state index contributed by atoms with van der Waals surface area (Å²) in [6.07, 6.45) is 6.92. The zero-order valence-electron chi connectivity index (χ0n) is 13.0. The molecule has 1 heterocycles. The lowest BCUT2D eigenvalue weighted by atomic mass is 10.1. The van der Waals surface area contributed by atoms with Gasteiger partial charge in [0.25, 0.3) is 0 Å². The standard InChI is InChI=1S/C15H23N5OS/c1-3-4-7-20(2)10-12-8-11(9-18-14(12)16)5-6-13(21)19-15(17)22/h5-6,8-9H,3-4,7,10H2,1-2H3,(H2,16,18)(H3,17,19,21,22)/b6-5+. The summed E-state index contributed by atoms with van der Waals surface area (Å²) in [7, 11) is 2.05. The molecule has 1 aromatic rings. The Labute approximate surface area is 136 Å². The topological polar surface area (TPSA) is 97.3 Å². The predicted octanol–water partition coefficient (Wildman–Crippen LogP) is 1.27. The largest absolute Gasteiger partial charge is 0.383 e. The lowest BCUT2D eigenvalue weighted by molar-refractivity contribution is -0.115. The molecule has 1 aromatic heterocycles. The van der Waals surface area contributed by atoms with Crippen LogP contribution in [0.1, 0.15) is 30.9 Å². The average molecular weight is 321 g/mol. The molecule has 0 aliphatic heterocycles. The Morgan fingerprint density at radius 1 is 1.55 bits per heavy atom.